The number of hydrogen-bond donors (Lipinski definition) is 1. The van der Waals surface area contributed by atoms with E-state index in [1.807, 2.05) is 30.3 Å². The molecule has 0 radical (unpaired) electrons. The number of amides is 1. The maximum absolute atomic E-state index is 11.6. The van der Waals surface area contributed by atoms with Crippen LogP contribution in [0, 0.1) is 10.1 Å². The summed E-state index contributed by atoms with van der Waals surface area (Å²) in [6.07, 6.45) is 0. The fourth-order valence-electron chi connectivity index (χ4n) is 2.04. The van der Waals surface area contributed by atoms with Crippen molar-refractivity contribution in [2.45, 2.75) is 6.61 Å². The number of hydrogen-bond acceptors (Lipinski definition) is 5. The zero-order valence-corrected chi connectivity index (χ0v) is 12.9. The number of nitro benzene ring substituents is 1. The van der Waals surface area contributed by atoms with E-state index in [-0.39, 0.29) is 29.5 Å². The maximum atomic E-state index is 11.6. The molecular formula is C16H17N3O4. The Balaban J connectivity index is 2.20. The largest absolute Gasteiger partial charge is 0.355 e. The van der Waals surface area contributed by atoms with Crippen LogP contribution < -0.4 is 10.4 Å². The summed E-state index contributed by atoms with van der Waals surface area (Å²) in [5.41, 5.74) is 1.25. The minimum absolute atomic E-state index is 0.193. The molecule has 120 valence electrons. The van der Waals surface area contributed by atoms with E-state index in [1.165, 1.54) is 30.3 Å². The predicted octanol–water partition coefficient (Wildman–Crippen LogP) is 2.52. The fourth-order valence-corrected chi connectivity index (χ4v) is 2.04. The lowest BCUT2D eigenvalue weighted by Crippen LogP contribution is -2.21. The van der Waals surface area contributed by atoms with E-state index in [2.05, 4.69) is 5.32 Å². The summed E-state index contributed by atoms with van der Waals surface area (Å²) in [5.74, 6) is -0.382. The zero-order chi connectivity index (χ0) is 16.8. The molecule has 7 nitrogen and oxygen atoms in total. The van der Waals surface area contributed by atoms with Crippen molar-refractivity contribution in [3.8, 4) is 0 Å². The number of nitrogens with one attached hydrogen (secondary N) is 1. The molecule has 7 heteroatoms. The van der Waals surface area contributed by atoms with Crippen LogP contribution in [0.5, 0.6) is 0 Å². The van der Waals surface area contributed by atoms with Crippen molar-refractivity contribution >= 4 is 17.3 Å². The minimum Gasteiger partial charge on any atom is -0.355 e. The van der Waals surface area contributed by atoms with Gasteiger partial charge < -0.3 is 5.32 Å². The third kappa shape index (κ3) is 4.04. The maximum Gasteiger partial charge on any atom is 0.295 e. The molecule has 2 rings (SSSR count). The first-order chi connectivity index (χ1) is 11.0. The first-order valence-electron chi connectivity index (χ1n) is 6.94. The SMILES string of the molecule is CNC(=O)c1ccc(N(C)OCc2ccccc2)c([N+](=O)[O-])c1. The number of carbonyl (C=O) groups excluding carboxylic acids is 1. The van der Waals surface area contributed by atoms with Crippen molar-refractivity contribution in [3.05, 3.63) is 69.8 Å². The van der Waals surface area contributed by atoms with E-state index in [0.717, 1.165) is 5.56 Å². The lowest BCUT2D eigenvalue weighted by molar-refractivity contribution is -0.384. The molecule has 0 bridgehead atoms. The highest BCUT2D eigenvalue weighted by Gasteiger charge is 2.20. The van der Waals surface area contributed by atoms with Crippen LogP contribution in [0.1, 0.15) is 15.9 Å². The zero-order valence-electron chi connectivity index (χ0n) is 12.9. The van der Waals surface area contributed by atoms with Gasteiger partial charge in [-0.2, -0.15) is 0 Å². The number of benzene rings is 2. The Kier molecular flexibility index (Phi) is 5.27. The number of anilines is 1. The number of hydroxylamine groups is 1. The van der Waals surface area contributed by atoms with Gasteiger partial charge >= 0.3 is 0 Å². The van der Waals surface area contributed by atoms with Gasteiger partial charge in [0.1, 0.15) is 5.69 Å². The molecule has 0 saturated carbocycles. The molecule has 0 spiro atoms. The van der Waals surface area contributed by atoms with E-state index in [1.54, 1.807) is 7.05 Å². The Bertz CT molecular complexity index is 704. The fraction of sp³-hybridized carbons (Fsp3) is 0.188. The highest BCUT2D eigenvalue weighted by Crippen LogP contribution is 2.29. The molecule has 0 unspecified atom stereocenters. The summed E-state index contributed by atoms with van der Waals surface area (Å²) in [5, 5.41) is 15.0. The number of carbonyl (C=O) groups is 1. The van der Waals surface area contributed by atoms with Gasteiger partial charge in [0.15, 0.2) is 0 Å². The molecule has 0 atom stereocenters. The molecule has 0 aliphatic heterocycles. The van der Waals surface area contributed by atoms with Crippen LogP contribution in [0.15, 0.2) is 48.5 Å². The van der Waals surface area contributed by atoms with E-state index in [4.69, 9.17) is 4.84 Å². The van der Waals surface area contributed by atoms with Crippen molar-refractivity contribution in [1.82, 2.24) is 5.32 Å². The van der Waals surface area contributed by atoms with Crippen molar-refractivity contribution in [3.63, 3.8) is 0 Å². The summed E-state index contributed by atoms with van der Waals surface area (Å²) >= 11 is 0. The Morgan fingerprint density at radius 3 is 2.57 bits per heavy atom. The molecule has 2 aromatic carbocycles. The second kappa shape index (κ2) is 7.37. The first-order valence-corrected chi connectivity index (χ1v) is 6.94. The third-order valence-corrected chi connectivity index (χ3v) is 3.27. The van der Waals surface area contributed by atoms with Crippen LogP contribution in [0.25, 0.3) is 0 Å². The van der Waals surface area contributed by atoms with Crippen LogP contribution in [-0.2, 0) is 11.4 Å². The molecule has 0 heterocycles. The summed E-state index contributed by atoms with van der Waals surface area (Å²) < 4.78 is 0. The Morgan fingerprint density at radius 2 is 1.96 bits per heavy atom. The molecule has 0 aromatic heterocycles. The standard InChI is InChI=1S/C16H17N3O4/c1-17-16(20)13-8-9-14(15(10-13)19(21)22)18(2)23-11-12-6-4-3-5-7-12/h3-10H,11H2,1-2H3,(H,17,20). The lowest BCUT2D eigenvalue weighted by atomic mass is 10.1. The van der Waals surface area contributed by atoms with Gasteiger partial charge in [-0.25, -0.2) is 5.06 Å². The van der Waals surface area contributed by atoms with E-state index in [9.17, 15) is 14.9 Å². The van der Waals surface area contributed by atoms with Crippen molar-refractivity contribution in [2.24, 2.45) is 0 Å². The average Bonchev–Trinajstić information content (AvgIpc) is 2.59. The highest BCUT2D eigenvalue weighted by molar-refractivity contribution is 5.95. The average molecular weight is 315 g/mol. The van der Waals surface area contributed by atoms with Gasteiger partial charge in [-0.1, -0.05) is 30.3 Å². The van der Waals surface area contributed by atoms with E-state index in [0.29, 0.717) is 0 Å². The molecule has 1 N–H and O–H groups in total. The number of nitrogens with zero attached hydrogens (tertiary/aromatic N) is 2. The normalized spacial score (nSPS) is 10.2. The topological polar surface area (TPSA) is 84.7 Å². The van der Waals surface area contributed by atoms with Crippen LogP contribution in [-0.4, -0.2) is 24.9 Å². The molecule has 1 amide bonds. The Morgan fingerprint density at radius 1 is 1.26 bits per heavy atom. The summed E-state index contributed by atoms with van der Waals surface area (Å²) in [7, 11) is 3.06. The smallest absolute Gasteiger partial charge is 0.295 e. The first kappa shape index (κ1) is 16.4. The van der Waals surface area contributed by atoms with Crippen molar-refractivity contribution < 1.29 is 14.6 Å². The summed E-state index contributed by atoms with van der Waals surface area (Å²) in [6.45, 7) is 0.283. The van der Waals surface area contributed by atoms with Gasteiger partial charge in [-0.3, -0.25) is 19.7 Å². The molecule has 2 aromatic rings. The molecular weight excluding hydrogens is 298 g/mol. The number of rotatable bonds is 6. The summed E-state index contributed by atoms with van der Waals surface area (Å²) in [6, 6.07) is 13.7. The van der Waals surface area contributed by atoms with E-state index >= 15 is 0 Å². The lowest BCUT2D eigenvalue weighted by Gasteiger charge is -2.19. The molecule has 0 aliphatic carbocycles. The van der Waals surface area contributed by atoms with Crippen LogP contribution in [0.3, 0.4) is 0 Å². The second-order valence-corrected chi connectivity index (χ2v) is 4.80. The second-order valence-electron chi connectivity index (χ2n) is 4.80. The molecule has 0 saturated heterocycles. The monoisotopic (exact) mass is 315 g/mol. The van der Waals surface area contributed by atoms with Gasteiger partial charge in [0.05, 0.1) is 11.5 Å². The van der Waals surface area contributed by atoms with Crippen molar-refractivity contribution in [1.29, 1.82) is 0 Å². The third-order valence-electron chi connectivity index (χ3n) is 3.27. The quantitative estimate of drug-likeness (QED) is 0.654. The molecule has 0 fully saturated rings. The minimum atomic E-state index is -0.538. The van der Waals surface area contributed by atoms with Gasteiger partial charge in [-0.15, -0.1) is 0 Å². The molecule has 0 aliphatic rings. The Labute approximate surface area is 133 Å². The highest BCUT2D eigenvalue weighted by atomic mass is 16.7. The van der Waals surface area contributed by atoms with Crippen LogP contribution >= 0.6 is 0 Å². The van der Waals surface area contributed by atoms with Gasteiger partial charge in [0.2, 0.25) is 0 Å². The summed E-state index contributed by atoms with van der Waals surface area (Å²) in [4.78, 5) is 27.9. The molecule has 23 heavy (non-hydrogen) atoms. The van der Waals surface area contributed by atoms with Crippen LogP contribution in [0.2, 0.25) is 0 Å². The predicted molar refractivity (Wildman–Crippen MR) is 86.1 cm³/mol. The van der Waals surface area contributed by atoms with Crippen LogP contribution in [0.4, 0.5) is 11.4 Å². The Hall–Kier alpha value is -2.93. The van der Waals surface area contributed by atoms with Gasteiger partial charge in [0, 0.05) is 25.7 Å². The van der Waals surface area contributed by atoms with E-state index < -0.39 is 4.92 Å². The van der Waals surface area contributed by atoms with Gasteiger partial charge in [-0.05, 0) is 17.7 Å². The van der Waals surface area contributed by atoms with Gasteiger partial charge in [0.25, 0.3) is 11.6 Å². The number of nitro groups is 1. The van der Waals surface area contributed by atoms with Crippen molar-refractivity contribution in [2.75, 3.05) is 19.2 Å².